The largest absolute Gasteiger partial charge is 0.345 e. The van der Waals surface area contributed by atoms with Crippen molar-refractivity contribution in [1.82, 2.24) is 25.1 Å². The Balaban J connectivity index is 1.49. The number of imidazole rings is 1. The van der Waals surface area contributed by atoms with E-state index in [1.165, 1.54) is 0 Å². The molecule has 0 saturated heterocycles. The number of carbonyl (C=O) groups is 1. The van der Waals surface area contributed by atoms with Crippen molar-refractivity contribution >= 4 is 16.9 Å². The van der Waals surface area contributed by atoms with Gasteiger partial charge in [0, 0.05) is 5.69 Å². The molecule has 2 N–H and O–H groups in total. The lowest BCUT2D eigenvalue weighted by Crippen LogP contribution is -2.29. The van der Waals surface area contributed by atoms with Gasteiger partial charge in [-0.15, -0.1) is 0 Å². The lowest BCUT2D eigenvalue weighted by Gasteiger charge is -2.19. The van der Waals surface area contributed by atoms with E-state index in [0.717, 1.165) is 33.5 Å². The fraction of sp³-hybridized carbons (Fsp3) is 0.0800. The Morgan fingerprint density at radius 3 is 2.45 bits per heavy atom. The molecule has 1 unspecified atom stereocenters. The molecule has 0 fully saturated rings. The van der Waals surface area contributed by atoms with Crippen molar-refractivity contribution in [3.05, 3.63) is 114 Å². The number of hydrogen-bond donors (Lipinski definition) is 2. The van der Waals surface area contributed by atoms with Crippen molar-refractivity contribution in [2.24, 2.45) is 0 Å². The number of H-pyrrole nitrogens is 1. The van der Waals surface area contributed by atoms with E-state index in [1.807, 2.05) is 91.9 Å². The molecule has 0 saturated carbocycles. The van der Waals surface area contributed by atoms with Crippen LogP contribution in [0.25, 0.3) is 16.7 Å². The van der Waals surface area contributed by atoms with Gasteiger partial charge in [0.2, 0.25) is 0 Å². The summed E-state index contributed by atoms with van der Waals surface area (Å²) in [5, 5.41) is 7.72. The Bertz CT molecular complexity index is 1340. The van der Waals surface area contributed by atoms with Gasteiger partial charge in [-0.05, 0) is 48.4 Å². The molecular weight excluding hydrogens is 386 g/mol. The molecule has 0 aliphatic rings. The van der Waals surface area contributed by atoms with Gasteiger partial charge in [-0.25, -0.2) is 9.67 Å². The van der Waals surface area contributed by atoms with Gasteiger partial charge in [0.05, 0.1) is 29.1 Å². The third kappa shape index (κ3) is 3.71. The summed E-state index contributed by atoms with van der Waals surface area (Å²) in [6, 6.07) is 27.2. The third-order valence-electron chi connectivity index (χ3n) is 5.31. The number of aryl methyl sites for hydroxylation is 1. The highest BCUT2D eigenvalue weighted by Crippen LogP contribution is 2.25. The Morgan fingerprint density at radius 2 is 1.68 bits per heavy atom. The first kappa shape index (κ1) is 18.8. The fourth-order valence-electron chi connectivity index (χ4n) is 3.76. The van der Waals surface area contributed by atoms with Crippen molar-refractivity contribution in [2.45, 2.75) is 13.0 Å². The molecule has 6 nitrogen and oxygen atoms in total. The molecule has 1 amide bonds. The van der Waals surface area contributed by atoms with Gasteiger partial charge in [-0.2, -0.15) is 5.10 Å². The number of rotatable bonds is 5. The standard InChI is InChI=1S/C25H21N5O/c1-17-14-23(29-30(17)20-10-6-3-7-11-20)25(31)28-24(18-8-4-2-5-9-18)19-12-13-21-22(15-19)27-16-26-21/h2-16,24H,1H3,(H,26,27)(H,28,31). The van der Waals surface area contributed by atoms with Crippen LogP contribution >= 0.6 is 0 Å². The van der Waals surface area contributed by atoms with Gasteiger partial charge in [-0.3, -0.25) is 4.79 Å². The number of nitrogens with zero attached hydrogens (tertiary/aromatic N) is 3. The van der Waals surface area contributed by atoms with Crippen LogP contribution in [0, 0.1) is 6.92 Å². The molecule has 5 rings (SSSR count). The highest BCUT2D eigenvalue weighted by molar-refractivity contribution is 5.93. The zero-order chi connectivity index (χ0) is 21.2. The summed E-state index contributed by atoms with van der Waals surface area (Å²) < 4.78 is 1.78. The zero-order valence-electron chi connectivity index (χ0n) is 17.0. The van der Waals surface area contributed by atoms with Crippen LogP contribution in [0.5, 0.6) is 0 Å². The van der Waals surface area contributed by atoms with E-state index in [4.69, 9.17) is 0 Å². The topological polar surface area (TPSA) is 75.6 Å². The minimum Gasteiger partial charge on any atom is -0.345 e. The number of aromatic amines is 1. The molecule has 0 aliphatic heterocycles. The fourth-order valence-corrected chi connectivity index (χ4v) is 3.76. The van der Waals surface area contributed by atoms with Gasteiger partial charge >= 0.3 is 0 Å². The number of amides is 1. The average molecular weight is 407 g/mol. The second-order valence-corrected chi connectivity index (χ2v) is 7.41. The van der Waals surface area contributed by atoms with Crippen LogP contribution in [0.4, 0.5) is 0 Å². The maximum atomic E-state index is 13.2. The summed E-state index contributed by atoms with van der Waals surface area (Å²) in [5.41, 5.74) is 5.97. The first-order valence-corrected chi connectivity index (χ1v) is 10.1. The summed E-state index contributed by atoms with van der Waals surface area (Å²) in [4.78, 5) is 20.6. The van der Waals surface area contributed by atoms with Crippen LogP contribution in [0.2, 0.25) is 0 Å². The monoisotopic (exact) mass is 407 g/mol. The third-order valence-corrected chi connectivity index (χ3v) is 5.31. The first-order valence-electron chi connectivity index (χ1n) is 10.1. The summed E-state index contributed by atoms with van der Waals surface area (Å²) in [6.45, 7) is 1.94. The number of hydrogen-bond acceptors (Lipinski definition) is 3. The summed E-state index contributed by atoms with van der Waals surface area (Å²) >= 11 is 0. The molecule has 5 aromatic rings. The minimum absolute atomic E-state index is 0.226. The molecular formula is C25H21N5O. The highest BCUT2D eigenvalue weighted by Gasteiger charge is 2.21. The number of benzene rings is 3. The van der Waals surface area contributed by atoms with E-state index in [0.29, 0.717) is 5.69 Å². The molecule has 1 atom stereocenters. The van der Waals surface area contributed by atoms with Gasteiger partial charge in [0.25, 0.3) is 5.91 Å². The number of carbonyl (C=O) groups excluding carboxylic acids is 1. The minimum atomic E-state index is -0.316. The van der Waals surface area contributed by atoms with E-state index in [-0.39, 0.29) is 11.9 Å². The van der Waals surface area contributed by atoms with E-state index < -0.39 is 0 Å². The summed E-state index contributed by atoms with van der Waals surface area (Å²) in [5.74, 6) is -0.226. The summed E-state index contributed by atoms with van der Waals surface area (Å²) in [7, 11) is 0. The van der Waals surface area contributed by atoms with E-state index in [2.05, 4.69) is 20.4 Å². The maximum absolute atomic E-state index is 13.2. The first-order chi connectivity index (χ1) is 15.2. The maximum Gasteiger partial charge on any atom is 0.272 e. The predicted molar refractivity (Wildman–Crippen MR) is 120 cm³/mol. The van der Waals surface area contributed by atoms with Crippen LogP contribution in [-0.4, -0.2) is 25.7 Å². The molecule has 3 aromatic carbocycles. The van der Waals surface area contributed by atoms with Crippen molar-refractivity contribution in [2.75, 3.05) is 0 Å². The smallest absolute Gasteiger partial charge is 0.272 e. The molecule has 0 aliphatic carbocycles. The van der Waals surface area contributed by atoms with Crippen molar-refractivity contribution in [3.8, 4) is 5.69 Å². The van der Waals surface area contributed by atoms with Crippen LogP contribution in [0.1, 0.15) is 33.4 Å². The molecule has 31 heavy (non-hydrogen) atoms. The average Bonchev–Trinajstić information content (AvgIpc) is 3.44. The molecule has 6 heteroatoms. The van der Waals surface area contributed by atoms with Crippen LogP contribution in [0.15, 0.2) is 91.3 Å². The highest BCUT2D eigenvalue weighted by atomic mass is 16.2. The predicted octanol–water partition coefficient (Wildman–Crippen LogP) is 4.58. The van der Waals surface area contributed by atoms with Gasteiger partial charge in [-0.1, -0.05) is 54.6 Å². The van der Waals surface area contributed by atoms with Crippen molar-refractivity contribution in [3.63, 3.8) is 0 Å². The quantitative estimate of drug-likeness (QED) is 0.448. The van der Waals surface area contributed by atoms with Crippen molar-refractivity contribution < 1.29 is 4.79 Å². The van der Waals surface area contributed by atoms with Crippen molar-refractivity contribution in [1.29, 1.82) is 0 Å². The van der Waals surface area contributed by atoms with E-state index >= 15 is 0 Å². The number of fused-ring (bicyclic) bond motifs is 1. The second-order valence-electron chi connectivity index (χ2n) is 7.41. The lowest BCUT2D eigenvalue weighted by molar-refractivity contribution is 0.0937. The molecule has 2 heterocycles. The van der Waals surface area contributed by atoms with E-state index in [9.17, 15) is 4.79 Å². The van der Waals surface area contributed by atoms with Gasteiger partial charge in [0.15, 0.2) is 5.69 Å². The van der Waals surface area contributed by atoms with Crippen LogP contribution < -0.4 is 5.32 Å². The molecule has 152 valence electrons. The number of aromatic nitrogens is 4. The Morgan fingerprint density at radius 1 is 0.935 bits per heavy atom. The molecule has 2 aromatic heterocycles. The van der Waals surface area contributed by atoms with E-state index in [1.54, 1.807) is 11.0 Å². The molecule has 0 radical (unpaired) electrons. The number of para-hydroxylation sites is 1. The molecule has 0 spiro atoms. The normalized spacial score (nSPS) is 12.0. The second kappa shape index (κ2) is 7.91. The van der Waals surface area contributed by atoms with Crippen LogP contribution in [0.3, 0.4) is 0 Å². The Labute approximate surface area is 179 Å². The SMILES string of the molecule is Cc1cc(C(=O)NC(c2ccccc2)c2ccc3nc[nH]c3c2)nn1-c1ccccc1. The lowest BCUT2D eigenvalue weighted by atomic mass is 9.98. The Kier molecular flexibility index (Phi) is 4.80. The zero-order valence-corrected chi connectivity index (χ0v) is 17.0. The molecule has 0 bridgehead atoms. The summed E-state index contributed by atoms with van der Waals surface area (Å²) in [6.07, 6.45) is 1.67. The Hall–Kier alpha value is -4.19. The van der Waals surface area contributed by atoms with Gasteiger partial charge < -0.3 is 10.3 Å². The van der Waals surface area contributed by atoms with Crippen LogP contribution in [-0.2, 0) is 0 Å². The van der Waals surface area contributed by atoms with Gasteiger partial charge in [0.1, 0.15) is 0 Å². The number of nitrogens with one attached hydrogen (secondary N) is 2.